The van der Waals surface area contributed by atoms with Crippen molar-refractivity contribution in [3.63, 3.8) is 0 Å². The average molecular weight is 445 g/mol. The molecule has 0 saturated carbocycles. The Morgan fingerprint density at radius 1 is 0.548 bits per heavy atom. The van der Waals surface area contributed by atoms with Crippen molar-refractivity contribution >= 4 is 33.1 Å². The van der Waals surface area contributed by atoms with E-state index in [0.29, 0.717) is 0 Å². The molecule has 0 heterocycles. The summed E-state index contributed by atoms with van der Waals surface area (Å²) in [5.74, 6) is -3.27. The minimum atomic E-state index is -3.27. The summed E-state index contributed by atoms with van der Waals surface area (Å²) in [6, 6.07) is 41.1. The summed E-state index contributed by atoms with van der Waals surface area (Å²) >= 11 is 8.17. The molecule has 0 atom stereocenters. The molecule has 0 aliphatic rings. The number of hydrogen-bond acceptors (Lipinski definition) is 0. The second-order valence-corrected chi connectivity index (χ2v) is 15.8. The molecule has 0 nitrogen and oxygen atoms in total. The molecule has 4 rings (SSSR count). The molecule has 0 aliphatic carbocycles. The summed E-state index contributed by atoms with van der Waals surface area (Å²) in [4.78, 5) is 0. The minimum absolute atomic E-state index is 0.128. The Balaban J connectivity index is 1.99. The molecule has 158 valence electrons. The van der Waals surface area contributed by atoms with Crippen LogP contribution < -0.4 is 15.9 Å². The van der Waals surface area contributed by atoms with Crippen LogP contribution in [-0.4, -0.2) is 0 Å². The van der Waals surface area contributed by atoms with E-state index in [1.54, 1.807) is 0 Å². The zero-order valence-electron chi connectivity index (χ0n) is 18.5. The third kappa shape index (κ3) is 3.96. The zero-order valence-corrected chi connectivity index (χ0v) is 20.2. The molecule has 0 aliphatic heterocycles. The van der Waals surface area contributed by atoms with Crippen molar-refractivity contribution in [3.05, 3.63) is 126 Å². The predicted octanol–water partition coefficient (Wildman–Crippen LogP) is 7.17. The summed E-state index contributed by atoms with van der Waals surface area (Å²) in [5, 5.41) is 3.60. The van der Waals surface area contributed by atoms with Gasteiger partial charge in [-0.2, -0.15) is 0 Å². The van der Waals surface area contributed by atoms with Gasteiger partial charge < -0.3 is 0 Å². The summed E-state index contributed by atoms with van der Waals surface area (Å²) in [6.07, 6.45) is 0.773. The first-order chi connectivity index (χ1) is 14.8. The van der Waals surface area contributed by atoms with Gasteiger partial charge in [-0.05, 0) is 0 Å². The van der Waals surface area contributed by atoms with Gasteiger partial charge in [-0.25, -0.2) is 0 Å². The fourth-order valence-electron chi connectivity index (χ4n) is 4.39. The molecule has 2 heteroatoms. The van der Waals surface area contributed by atoms with Gasteiger partial charge in [-0.15, -0.1) is 0 Å². The first kappa shape index (κ1) is 21.8. The third-order valence-corrected chi connectivity index (χ3v) is 13.4. The Hall–Kier alpha value is -2.40. The van der Waals surface area contributed by atoms with Gasteiger partial charge in [0.1, 0.15) is 0 Å². The Morgan fingerprint density at radius 2 is 0.903 bits per heavy atom. The molecule has 0 fully saturated rings. The van der Waals surface area contributed by atoms with Gasteiger partial charge in [0, 0.05) is 0 Å². The van der Waals surface area contributed by atoms with E-state index in [2.05, 4.69) is 136 Å². The van der Waals surface area contributed by atoms with E-state index in [1.807, 2.05) is 0 Å². The van der Waals surface area contributed by atoms with Crippen molar-refractivity contribution < 1.29 is 0 Å². The monoisotopic (exact) mass is 444 g/mol. The standard InChI is InChI=1S/C29H30ClP/c1-29(2,3)25-21-19-24(20-22-25)23-31(30,26-13-7-4-8-14-26,27-15-9-5-10-16-27)28-17-11-6-12-18-28/h4-22H,23H2,1-3H3. The van der Waals surface area contributed by atoms with E-state index in [1.165, 1.54) is 27.0 Å². The number of benzene rings is 4. The summed E-state index contributed by atoms with van der Waals surface area (Å²) in [5.41, 5.74) is 2.73. The molecular weight excluding hydrogens is 415 g/mol. The van der Waals surface area contributed by atoms with E-state index < -0.39 is 5.96 Å². The van der Waals surface area contributed by atoms with Gasteiger partial charge in [-0.3, -0.25) is 0 Å². The fraction of sp³-hybridized carbons (Fsp3) is 0.172. The van der Waals surface area contributed by atoms with Crippen molar-refractivity contribution in [2.24, 2.45) is 0 Å². The number of rotatable bonds is 5. The fourth-order valence-corrected chi connectivity index (χ4v) is 10.5. The van der Waals surface area contributed by atoms with E-state index in [9.17, 15) is 0 Å². The molecule has 0 aromatic heterocycles. The topological polar surface area (TPSA) is 0 Å². The van der Waals surface area contributed by atoms with Crippen LogP contribution in [0.25, 0.3) is 0 Å². The molecule has 0 bridgehead atoms. The molecule has 0 N–H and O–H groups in total. The average Bonchev–Trinajstić information content (AvgIpc) is 2.81. The SMILES string of the molecule is CC(C)(C)c1ccc(CP(Cl)(c2ccccc2)(c2ccccc2)c2ccccc2)cc1. The van der Waals surface area contributed by atoms with E-state index in [-0.39, 0.29) is 5.41 Å². The van der Waals surface area contributed by atoms with Crippen LogP contribution in [0, 0.1) is 0 Å². The van der Waals surface area contributed by atoms with Crippen molar-refractivity contribution in [1.29, 1.82) is 0 Å². The van der Waals surface area contributed by atoms with Gasteiger partial charge in [-0.1, -0.05) is 0 Å². The molecule has 0 amide bonds. The second kappa shape index (κ2) is 8.27. The Labute approximate surface area is 191 Å². The molecular formula is C29H30ClP. The third-order valence-electron chi connectivity index (χ3n) is 6.18. The van der Waals surface area contributed by atoms with E-state index in [0.717, 1.165) is 6.16 Å². The van der Waals surface area contributed by atoms with Crippen molar-refractivity contribution in [2.45, 2.75) is 32.3 Å². The van der Waals surface area contributed by atoms with Crippen LogP contribution in [0.2, 0.25) is 0 Å². The van der Waals surface area contributed by atoms with Gasteiger partial charge in [0.25, 0.3) is 0 Å². The quantitative estimate of drug-likeness (QED) is 0.286. The van der Waals surface area contributed by atoms with Gasteiger partial charge in [0.05, 0.1) is 0 Å². The van der Waals surface area contributed by atoms with Crippen LogP contribution in [0.1, 0.15) is 31.9 Å². The van der Waals surface area contributed by atoms with E-state index >= 15 is 0 Å². The van der Waals surface area contributed by atoms with Gasteiger partial charge in [0.15, 0.2) is 0 Å². The summed E-state index contributed by atoms with van der Waals surface area (Å²) in [6.45, 7) is 6.75. The van der Waals surface area contributed by atoms with Crippen molar-refractivity contribution in [3.8, 4) is 0 Å². The molecule has 31 heavy (non-hydrogen) atoms. The van der Waals surface area contributed by atoms with Gasteiger partial charge in [0.2, 0.25) is 0 Å². The van der Waals surface area contributed by atoms with Crippen molar-refractivity contribution in [2.75, 3.05) is 0 Å². The predicted molar refractivity (Wildman–Crippen MR) is 140 cm³/mol. The van der Waals surface area contributed by atoms with Crippen LogP contribution in [0.5, 0.6) is 0 Å². The maximum absolute atomic E-state index is 8.17. The normalized spacial score (nSPS) is 13.4. The van der Waals surface area contributed by atoms with Crippen molar-refractivity contribution in [1.82, 2.24) is 0 Å². The molecule has 0 spiro atoms. The number of halogens is 1. The first-order valence-electron chi connectivity index (χ1n) is 10.8. The van der Waals surface area contributed by atoms with Crippen LogP contribution in [0.3, 0.4) is 0 Å². The van der Waals surface area contributed by atoms with Crippen LogP contribution in [0.4, 0.5) is 0 Å². The first-order valence-corrected chi connectivity index (χ1v) is 14.1. The van der Waals surface area contributed by atoms with Crippen LogP contribution in [-0.2, 0) is 11.6 Å². The van der Waals surface area contributed by atoms with Crippen LogP contribution >= 0.6 is 17.2 Å². The van der Waals surface area contributed by atoms with E-state index in [4.69, 9.17) is 11.2 Å². The molecule has 0 unspecified atom stereocenters. The zero-order chi connectivity index (χ0) is 22.0. The van der Waals surface area contributed by atoms with Crippen LogP contribution in [0.15, 0.2) is 115 Å². The summed E-state index contributed by atoms with van der Waals surface area (Å²) < 4.78 is 0. The molecule has 4 aromatic rings. The molecule has 4 aromatic carbocycles. The molecule has 0 radical (unpaired) electrons. The number of hydrogen-bond donors (Lipinski definition) is 0. The molecule has 0 saturated heterocycles. The Morgan fingerprint density at radius 3 is 1.23 bits per heavy atom. The van der Waals surface area contributed by atoms with Gasteiger partial charge >= 0.3 is 192 Å². The Bertz CT molecular complexity index is 1030. The Kier molecular flexibility index (Phi) is 5.82. The maximum atomic E-state index is 8.17. The summed E-state index contributed by atoms with van der Waals surface area (Å²) in [7, 11) is 0. The second-order valence-electron chi connectivity index (χ2n) is 9.29.